The Morgan fingerprint density at radius 3 is 2.83 bits per heavy atom. The zero-order chi connectivity index (χ0) is 8.97. The average molecular weight is 169 g/mol. The van der Waals surface area contributed by atoms with Crippen LogP contribution in [0.4, 0.5) is 0 Å². The second-order valence-electron chi connectivity index (χ2n) is 3.84. The highest BCUT2D eigenvalue weighted by molar-refractivity contribution is 5.76. The summed E-state index contributed by atoms with van der Waals surface area (Å²) < 4.78 is 0. The molecule has 0 saturated carbocycles. The number of nitrogens with zero attached hydrogens (tertiary/aromatic N) is 1. The summed E-state index contributed by atoms with van der Waals surface area (Å²) >= 11 is 0. The van der Waals surface area contributed by atoms with E-state index in [-0.39, 0.29) is 0 Å². The van der Waals surface area contributed by atoms with Crippen molar-refractivity contribution in [3.05, 3.63) is 0 Å². The van der Waals surface area contributed by atoms with E-state index in [9.17, 15) is 4.79 Å². The third kappa shape index (κ3) is 2.50. The molecule has 70 valence electrons. The van der Waals surface area contributed by atoms with E-state index in [4.69, 9.17) is 0 Å². The molecule has 1 fully saturated rings. The molecule has 1 atom stereocenters. The second kappa shape index (κ2) is 4.48. The summed E-state index contributed by atoms with van der Waals surface area (Å²) in [6, 6.07) is 0. The molecule has 1 amide bonds. The van der Waals surface area contributed by atoms with Crippen molar-refractivity contribution in [2.24, 2.45) is 5.92 Å². The maximum atomic E-state index is 11.5. The quantitative estimate of drug-likeness (QED) is 0.633. The van der Waals surface area contributed by atoms with Gasteiger partial charge in [-0.25, -0.2) is 0 Å². The van der Waals surface area contributed by atoms with Gasteiger partial charge in [0.05, 0.1) is 0 Å². The number of rotatable bonds is 3. The van der Waals surface area contributed by atoms with Crippen LogP contribution in [0.15, 0.2) is 0 Å². The van der Waals surface area contributed by atoms with Gasteiger partial charge >= 0.3 is 0 Å². The van der Waals surface area contributed by atoms with Crippen molar-refractivity contribution in [1.29, 1.82) is 0 Å². The zero-order valence-electron chi connectivity index (χ0n) is 8.18. The molecule has 2 nitrogen and oxygen atoms in total. The van der Waals surface area contributed by atoms with E-state index < -0.39 is 0 Å². The fourth-order valence-corrected chi connectivity index (χ4v) is 1.65. The first-order valence-corrected chi connectivity index (χ1v) is 5.01. The Bertz CT molecular complexity index is 156. The van der Waals surface area contributed by atoms with Gasteiger partial charge < -0.3 is 4.90 Å². The van der Waals surface area contributed by atoms with E-state index in [1.807, 2.05) is 4.90 Å². The number of hydrogen-bond acceptors (Lipinski definition) is 1. The lowest BCUT2D eigenvalue weighted by atomic mass is 10.2. The van der Waals surface area contributed by atoms with Crippen LogP contribution in [0.3, 0.4) is 0 Å². The maximum Gasteiger partial charge on any atom is 0.222 e. The first-order valence-electron chi connectivity index (χ1n) is 5.01. The van der Waals surface area contributed by atoms with Crippen LogP contribution in [0.2, 0.25) is 0 Å². The Labute approximate surface area is 74.9 Å². The minimum atomic E-state index is 0.362. The predicted octanol–water partition coefficient (Wildman–Crippen LogP) is 2.04. The summed E-state index contributed by atoms with van der Waals surface area (Å²) in [5, 5.41) is 0. The number of likely N-dealkylation sites (tertiary alicyclic amines) is 1. The summed E-state index contributed by atoms with van der Waals surface area (Å²) in [6.45, 7) is 6.32. The lowest BCUT2D eigenvalue weighted by molar-refractivity contribution is -0.130. The van der Waals surface area contributed by atoms with Crippen LogP contribution < -0.4 is 0 Å². The summed E-state index contributed by atoms with van der Waals surface area (Å²) in [5.41, 5.74) is 0. The Morgan fingerprint density at radius 1 is 1.58 bits per heavy atom. The van der Waals surface area contributed by atoms with E-state index in [0.717, 1.165) is 38.3 Å². The highest BCUT2D eigenvalue weighted by atomic mass is 16.2. The number of carbonyl (C=O) groups is 1. The summed E-state index contributed by atoms with van der Waals surface area (Å²) in [7, 11) is 0. The van der Waals surface area contributed by atoms with Gasteiger partial charge in [0, 0.05) is 19.5 Å². The topological polar surface area (TPSA) is 20.3 Å². The van der Waals surface area contributed by atoms with Gasteiger partial charge in [0.25, 0.3) is 0 Å². The van der Waals surface area contributed by atoms with Gasteiger partial charge in [-0.3, -0.25) is 4.79 Å². The molecule has 12 heavy (non-hydrogen) atoms. The van der Waals surface area contributed by atoms with Gasteiger partial charge in [0.15, 0.2) is 0 Å². The van der Waals surface area contributed by atoms with Crippen LogP contribution in [-0.2, 0) is 4.79 Å². The standard InChI is InChI=1S/C10H19NO/c1-3-4-5-10(12)11-7-6-9(2)8-11/h9H,3-8H2,1-2H3. The Morgan fingerprint density at radius 2 is 2.33 bits per heavy atom. The molecule has 1 unspecified atom stereocenters. The molecule has 1 heterocycles. The van der Waals surface area contributed by atoms with Crippen LogP contribution in [0, 0.1) is 5.92 Å². The largest absolute Gasteiger partial charge is 0.342 e. The second-order valence-corrected chi connectivity index (χ2v) is 3.84. The zero-order valence-corrected chi connectivity index (χ0v) is 8.18. The lowest BCUT2D eigenvalue weighted by Gasteiger charge is -2.15. The van der Waals surface area contributed by atoms with Gasteiger partial charge in [0.1, 0.15) is 0 Å². The van der Waals surface area contributed by atoms with Gasteiger partial charge in [-0.1, -0.05) is 20.3 Å². The molecule has 0 radical (unpaired) electrons. The molecule has 2 heteroatoms. The first kappa shape index (κ1) is 9.56. The molecular weight excluding hydrogens is 150 g/mol. The molecule has 1 rings (SSSR count). The van der Waals surface area contributed by atoms with E-state index in [2.05, 4.69) is 13.8 Å². The third-order valence-corrected chi connectivity index (χ3v) is 2.52. The van der Waals surface area contributed by atoms with Crippen LogP contribution in [-0.4, -0.2) is 23.9 Å². The molecule has 0 aromatic heterocycles. The van der Waals surface area contributed by atoms with E-state index in [1.54, 1.807) is 0 Å². The summed E-state index contributed by atoms with van der Waals surface area (Å²) in [4.78, 5) is 13.5. The normalized spacial score (nSPS) is 23.2. The average Bonchev–Trinajstić information content (AvgIpc) is 2.47. The Hall–Kier alpha value is -0.530. The molecule has 0 N–H and O–H groups in total. The van der Waals surface area contributed by atoms with Crippen molar-refractivity contribution in [2.45, 2.75) is 39.5 Å². The SMILES string of the molecule is CCCCC(=O)N1CCC(C)C1. The van der Waals surface area contributed by atoms with Gasteiger partial charge in [0.2, 0.25) is 5.91 Å². The number of hydrogen-bond donors (Lipinski definition) is 0. The van der Waals surface area contributed by atoms with Gasteiger partial charge in [-0.05, 0) is 18.8 Å². The molecular formula is C10H19NO. The maximum absolute atomic E-state index is 11.5. The van der Waals surface area contributed by atoms with Crippen molar-refractivity contribution in [1.82, 2.24) is 4.90 Å². The minimum Gasteiger partial charge on any atom is -0.342 e. The Balaban J connectivity index is 2.23. The lowest BCUT2D eigenvalue weighted by Crippen LogP contribution is -2.27. The molecule has 1 aliphatic rings. The molecule has 0 spiro atoms. The van der Waals surface area contributed by atoms with Gasteiger partial charge in [-0.15, -0.1) is 0 Å². The monoisotopic (exact) mass is 169 g/mol. The smallest absolute Gasteiger partial charge is 0.222 e. The van der Waals surface area contributed by atoms with Crippen LogP contribution >= 0.6 is 0 Å². The molecule has 1 saturated heterocycles. The van der Waals surface area contributed by atoms with Crippen molar-refractivity contribution in [3.63, 3.8) is 0 Å². The molecule has 0 aromatic rings. The van der Waals surface area contributed by atoms with Crippen LogP contribution in [0.1, 0.15) is 39.5 Å². The number of amides is 1. The molecule has 0 aliphatic carbocycles. The highest BCUT2D eigenvalue weighted by Crippen LogP contribution is 2.16. The molecule has 1 aliphatic heterocycles. The first-order chi connectivity index (χ1) is 5.74. The van der Waals surface area contributed by atoms with Gasteiger partial charge in [-0.2, -0.15) is 0 Å². The predicted molar refractivity (Wildman–Crippen MR) is 49.9 cm³/mol. The fraction of sp³-hybridized carbons (Fsp3) is 0.900. The molecule has 0 aromatic carbocycles. The third-order valence-electron chi connectivity index (χ3n) is 2.52. The van der Waals surface area contributed by atoms with E-state index >= 15 is 0 Å². The van der Waals surface area contributed by atoms with Crippen molar-refractivity contribution in [2.75, 3.05) is 13.1 Å². The fourth-order valence-electron chi connectivity index (χ4n) is 1.65. The van der Waals surface area contributed by atoms with E-state index in [0.29, 0.717) is 5.91 Å². The number of unbranched alkanes of at least 4 members (excludes halogenated alkanes) is 1. The highest BCUT2D eigenvalue weighted by Gasteiger charge is 2.22. The van der Waals surface area contributed by atoms with Crippen molar-refractivity contribution < 1.29 is 4.79 Å². The summed E-state index contributed by atoms with van der Waals surface area (Å²) in [6.07, 6.45) is 4.11. The van der Waals surface area contributed by atoms with Crippen LogP contribution in [0.25, 0.3) is 0 Å². The van der Waals surface area contributed by atoms with Crippen LogP contribution in [0.5, 0.6) is 0 Å². The Kier molecular flexibility index (Phi) is 3.57. The molecule has 0 bridgehead atoms. The van der Waals surface area contributed by atoms with Crippen molar-refractivity contribution >= 4 is 5.91 Å². The summed E-state index contributed by atoms with van der Waals surface area (Å²) in [5.74, 6) is 1.08. The minimum absolute atomic E-state index is 0.362. The number of carbonyl (C=O) groups excluding carboxylic acids is 1. The van der Waals surface area contributed by atoms with Crippen molar-refractivity contribution in [3.8, 4) is 0 Å². The van der Waals surface area contributed by atoms with E-state index in [1.165, 1.54) is 6.42 Å².